The van der Waals surface area contributed by atoms with E-state index in [0.717, 1.165) is 27.8 Å². The Labute approximate surface area is 608 Å². The van der Waals surface area contributed by atoms with Crippen molar-refractivity contribution < 1.29 is 84.0 Å². The van der Waals surface area contributed by atoms with Crippen LogP contribution in [0.25, 0.3) is 33.4 Å². The summed E-state index contributed by atoms with van der Waals surface area (Å²) in [6, 6.07) is 42.7. The van der Waals surface area contributed by atoms with E-state index in [9.17, 15) is 59.9 Å². The van der Waals surface area contributed by atoms with Gasteiger partial charge in [0.25, 0.3) is 17.7 Å². The number of hydrogen-bond donors (Lipinski definition) is 2. The number of carbonyl (C=O) groups excluding carboxylic acids is 6. The Balaban J connectivity index is 0.000000207. The largest absolute Gasteiger partial charge is 0.573 e. The lowest BCUT2D eigenvalue weighted by molar-refractivity contribution is -0.274. The first-order valence-electron chi connectivity index (χ1n) is 33.0. The molecule has 0 atom stereocenters. The van der Waals surface area contributed by atoms with E-state index >= 15 is 0 Å². The molecule has 3 aliphatic heterocycles. The lowest BCUT2D eigenvalue weighted by Gasteiger charge is -2.20. The molecule has 12 rings (SSSR count). The van der Waals surface area contributed by atoms with Gasteiger partial charge in [-0.05, 0) is 127 Å². The molecule has 0 fully saturated rings. The molecule has 556 valence electrons. The van der Waals surface area contributed by atoms with Gasteiger partial charge in [-0.3, -0.25) is 33.6 Å². The van der Waals surface area contributed by atoms with Gasteiger partial charge < -0.3 is 44.1 Å². The second kappa shape index (κ2) is 39.1. The molecule has 9 aromatic rings. The van der Waals surface area contributed by atoms with Crippen molar-refractivity contribution >= 4 is 41.2 Å². The number of carbonyl (C=O) groups is 7. The van der Waals surface area contributed by atoms with Gasteiger partial charge in [-0.2, -0.15) is 13.2 Å². The van der Waals surface area contributed by atoms with Crippen molar-refractivity contribution in [2.24, 2.45) is 0 Å². The fourth-order valence-electron chi connectivity index (χ4n) is 10.9. The van der Waals surface area contributed by atoms with Crippen molar-refractivity contribution in [3.05, 3.63) is 228 Å². The molecule has 106 heavy (non-hydrogen) atoms. The normalized spacial score (nSPS) is 13.0. The molecule has 0 saturated heterocycles. The van der Waals surface area contributed by atoms with Crippen LogP contribution in [0.3, 0.4) is 0 Å². The van der Waals surface area contributed by atoms with Crippen LogP contribution >= 0.6 is 0 Å². The number of aryl methyl sites for hydroxylation is 2. The predicted octanol–water partition coefficient (Wildman–Crippen LogP) is 12.9. The molecule has 22 nitrogen and oxygen atoms in total. The van der Waals surface area contributed by atoms with Crippen molar-refractivity contribution in [3.8, 4) is 56.4 Å². The molecule has 2 N–H and O–H groups in total. The Morgan fingerprint density at radius 1 is 0.462 bits per heavy atom. The highest BCUT2D eigenvalue weighted by Gasteiger charge is 2.38. The van der Waals surface area contributed by atoms with E-state index in [1.807, 2.05) is 62.4 Å². The SMILES string of the molecule is C.C.Cc1ccc(-c2ccc3c(c2)C(=O)N(CCCC(=O)Cc2ncccn2)CCO3)cc1.Cc1ccc(-c2ccc3c(c2)C(=O)N(CCNC(=O)C(F)(F)F)CCO3)cc1.O=C(CCCN1CCOc2ccc(-c3ccc(OC(F)(F)F)cc3)cc2C1=O)Cc1ncccn1.O=C(O)Cc1ncccn1. The number of carboxylic acids is 1. The molecular weight excluding hydrogens is 1380 g/mol. The average molecular weight is 1460 g/mol. The van der Waals surface area contributed by atoms with Crippen molar-refractivity contribution in [2.75, 3.05) is 65.6 Å². The molecule has 0 bridgehead atoms. The maximum absolute atomic E-state index is 13.2. The molecule has 3 aromatic heterocycles. The number of amides is 4. The van der Waals surface area contributed by atoms with Crippen LogP contribution in [0.5, 0.6) is 23.0 Å². The van der Waals surface area contributed by atoms with E-state index < -0.39 is 24.4 Å². The minimum absolute atomic E-state index is 0. The van der Waals surface area contributed by atoms with Gasteiger partial charge in [0.2, 0.25) is 0 Å². The number of carboxylic acid groups (broad SMARTS) is 1. The fourth-order valence-corrected chi connectivity index (χ4v) is 10.9. The molecule has 0 unspecified atom stereocenters. The number of fused-ring (bicyclic) bond motifs is 3. The van der Waals surface area contributed by atoms with Crippen LogP contribution in [-0.4, -0.2) is 169 Å². The van der Waals surface area contributed by atoms with Crippen molar-refractivity contribution in [3.63, 3.8) is 0 Å². The molecule has 28 heteroatoms. The van der Waals surface area contributed by atoms with Crippen LogP contribution in [0.2, 0.25) is 0 Å². The van der Waals surface area contributed by atoms with Crippen LogP contribution in [0, 0.1) is 13.8 Å². The zero-order valence-electron chi connectivity index (χ0n) is 56.6. The molecule has 6 heterocycles. The van der Waals surface area contributed by atoms with Gasteiger partial charge in [-0.15, -0.1) is 13.2 Å². The predicted molar refractivity (Wildman–Crippen MR) is 382 cm³/mol. The molecule has 3 aliphatic rings. The molecule has 4 amide bonds. The van der Waals surface area contributed by atoms with E-state index in [1.54, 1.807) is 88.4 Å². The zero-order chi connectivity index (χ0) is 74.2. The van der Waals surface area contributed by atoms with E-state index in [4.69, 9.17) is 19.3 Å². The first-order chi connectivity index (χ1) is 49.9. The van der Waals surface area contributed by atoms with Crippen molar-refractivity contribution in [2.45, 2.75) is 86.2 Å². The number of Topliss-reactive ketones (excluding diaryl/α,β-unsaturated/α-hetero) is 2. The summed E-state index contributed by atoms with van der Waals surface area (Å²) >= 11 is 0. The number of rotatable bonds is 21. The number of hydrogen-bond acceptors (Lipinski definition) is 17. The number of aromatic nitrogens is 6. The number of aliphatic carboxylic acids is 1. The van der Waals surface area contributed by atoms with E-state index in [2.05, 4.69) is 58.9 Å². The molecule has 0 saturated carbocycles. The minimum atomic E-state index is -4.94. The maximum Gasteiger partial charge on any atom is 0.573 e. The number of ether oxygens (including phenoxy) is 4. The lowest BCUT2D eigenvalue weighted by atomic mass is 10.0. The summed E-state index contributed by atoms with van der Waals surface area (Å²) in [7, 11) is 0. The molecule has 0 radical (unpaired) electrons. The van der Waals surface area contributed by atoms with Crippen molar-refractivity contribution in [1.29, 1.82) is 0 Å². The summed E-state index contributed by atoms with van der Waals surface area (Å²) in [6.45, 7) is 6.66. The van der Waals surface area contributed by atoms with E-state index in [0.29, 0.717) is 128 Å². The van der Waals surface area contributed by atoms with Gasteiger partial charge >= 0.3 is 24.4 Å². The second-order valence-corrected chi connectivity index (χ2v) is 23.8. The third kappa shape index (κ3) is 24.6. The smallest absolute Gasteiger partial charge is 0.491 e. The van der Waals surface area contributed by atoms with Crippen molar-refractivity contribution in [1.82, 2.24) is 49.9 Å². The topological polar surface area (TPSA) is 276 Å². The third-order valence-electron chi connectivity index (χ3n) is 16.1. The monoisotopic (exact) mass is 1460 g/mol. The lowest BCUT2D eigenvalue weighted by Crippen LogP contribution is -2.43. The van der Waals surface area contributed by atoms with E-state index in [-0.39, 0.29) is 95.4 Å². The fraction of sp³-hybridized carbons (Fsp3) is 0.295. The Bertz CT molecular complexity index is 4410. The van der Waals surface area contributed by atoms with Gasteiger partial charge in [0.05, 0.1) is 49.2 Å². The number of nitrogens with one attached hydrogen (secondary N) is 1. The highest BCUT2D eigenvalue weighted by molar-refractivity contribution is 6.00. The summed E-state index contributed by atoms with van der Waals surface area (Å²) in [5.74, 6) is -0.982. The van der Waals surface area contributed by atoms with Crippen LogP contribution in [0.1, 0.15) is 100 Å². The average Bonchev–Trinajstić information content (AvgIpc) is 1.49. The minimum Gasteiger partial charge on any atom is -0.491 e. The number of ketones is 2. The molecule has 6 aromatic carbocycles. The molecular formula is C78H80F6N10O12. The van der Waals surface area contributed by atoms with Gasteiger partial charge in [0, 0.05) is 76.2 Å². The number of nitrogens with zero attached hydrogens (tertiary/aromatic N) is 9. The summed E-state index contributed by atoms with van der Waals surface area (Å²) in [4.78, 5) is 113. The standard InChI is InChI=1S/C25H22F3N3O4.C25H25N3O3.C20H19F3N2O3.C6H6N2O2.2CH4/c26-25(27,28)35-20-7-4-17(5-8-20)18-6-9-22-21(15-18)24(33)31(13-14-34-22)12-1-3-19(32)16-23-29-10-2-11-30-23;1-18-5-7-19(8-6-18)20-9-10-23-22(16-20)25(30)28(14-15-31-23)13-2-4-21(29)17-24-26-11-3-12-27-24;1-13-2-4-14(5-3-13)15-6-7-17-16(12-15)18(26)25(10-11-28-17)9-8-24-19(27)20(21,22)23;9-6(10)4-5-7-2-1-3-8-5;;/h2,4-11,15H,1,3,12-14,16H2;3,5-12,16H,2,4,13-15,17H2,1H3;2-7,12H,8-11H2,1H3,(H,24,27);1-3H,4H2,(H,9,10);2*1H4. The third-order valence-corrected chi connectivity index (χ3v) is 16.1. The number of alkyl halides is 6. The van der Waals surface area contributed by atoms with Crippen LogP contribution < -0.4 is 24.3 Å². The van der Waals surface area contributed by atoms with E-state index in [1.165, 1.54) is 47.1 Å². The second-order valence-electron chi connectivity index (χ2n) is 23.8. The Morgan fingerprint density at radius 3 is 1.11 bits per heavy atom. The summed E-state index contributed by atoms with van der Waals surface area (Å²) in [6.07, 6.45) is 1.80. The van der Waals surface area contributed by atoms with Gasteiger partial charge in [0.1, 0.15) is 78.3 Å². The number of halogens is 6. The highest BCUT2D eigenvalue weighted by atomic mass is 19.4. The zero-order valence-corrected chi connectivity index (χ0v) is 56.6. The maximum atomic E-state index is 13.2. The van der Waals surface area contributed by atoms with Gasteiger partial charge in [-0.25, -0.2) is 29.9 Å². The summed E-state index contributed by atoms with van der Waals surface area (Å²) in [5.41, 5.74) is 8.68. The van der Waals surface area contributed by atoms with Crippen LogP contribution in [-0.2, 0) is 38.4 Å². The quantitative estimate of drug-likeness (QED) is 0.0632. The van der Waals surface area contributed by atoms with Gasteiger partial charge in [0.15, 0.2) is 0 Å². The Morgan fingerprint density at radius 2 is 0.783 bits per heavy atom. The highest BCUT2D eigenvalue weighted by Crippen LogP contribution is 2.34. The number of benzene rings is 6. The van der Waals surface area contributed by atoms with Crippen LogP contribution in [0.15, 0.2) is 183 Å². The van der Waals surface area contributed by atoms with Gasteiger partial charge in [-0.1, -0.05) is 105 Å². The first kappa shape index (κ1) is 81.3. The molecule has 0 spiro atoms. The first-order valence-corrected chi connectivity index (χ1v) is 33.0. The molecule has 0 aliphatic carbocycles. The summed E-state index contributed by atoms with van der Waals surface area (Å²) in [5, 5.41) is 10.1. The Hall–Kier alpha value is -12.0. The summed E-state index contributed by atoms with van der Waals surface area (Å²) < 4.78 is 95.1. The Kier molecular flexibility index (Phi) is 30.0. The van der Waals surface area contributed by atoms with Crippen LogP contribution in [0.4, 0.5) is 26.3 Å².